The third-order valence-corrected chi connectivity index (χ3v) is 3.45. The summed E-state index contributed by atoms with van der Waals surface area (Å²) in [4.78, 5) is 4.69. The molecule has 0 aliphatic carbocycles. The van der Waals surface area contributed by atoms with Gasteiger partial charge < -0.3 is 9.47 Å². The van der Waals surface area contributed by atoms with Crippen LogP contribution in [-0.2, 0) is 0 Å². The summed E-state index contributed by atoms with van der Waals surface area (Å²) in [5.74, 6) is 1.44. The van der Waals surface area contributed by atoms with E-state index in [1.54, 1.807) is 14.2 Å². The van der Waals surface area contributed by atoms with Gasteiger partial charge in [-0.15, -0.1) is 0 Å². The second kappa shape index (κ2) is 4.43. The average Bonchev–Trinajstić information content (AvgIpc) is 2.46. The summed E-state index contributed by atoms with van der Waals surface area (Å²) in [6.45, 7) is 2.11. The Bertz CT molecular complexity index is 765. The van der Waals surface area contributed by atoms with Crippen molar-refractivity contribution < 1.29 is 9.47 Å². The number of para-hydroxylation sites is 1. The number of nitrogens with zero attached hydrogens (tertiary/aromatic N) is 1. The summed E-state index contributed by atoms with van der Waals surface area (Å²) in [6, 6.07) is 12.1. The first kappa shape index (κ1) is 11.8. The molecule has 2 aromatic carbocycles. The smallest absolute Gasteiger partial charge is 0.162 e. The first-order chi connectivity index (χ1) is 9.24. The number of hydrogen-bond acceptors (Lipinski definition) is 3. The first-order valence-electron chi connectivity index (χ1n) is 6.15. The topological polar surface area (TPSA) is 31.4 Å². The van der Waals surface area contributed by atoms with Crippen molar-refractivity contribution in [2.45, 2.75) is 6.92 Å². The molecule has 3 rings (SSSR count). The van der Waals surface area contributed by atoms with Crippen LogP contribution in [0, 0.1) is 6.92 Å². The highest BCUT2D eigenvalue weighted by Crippen LogP contribution is 2.34. The molecule has 1 heterocycles. The number of fused-ring (bicyclic) bond motifs is 2. The van der Waals surface area contributed by atoms with E-state index >= 15 is 0 Å². The van der Waals surface area contributed by atoms with Crippen LogP contribution in [0.3, 0.4) is 0 Å². The zero-order valence-corrected chi connectivity index (χ0v) is 11.2. The van der Waals surface area contributed by atoms with Crippen molar-refractivity contribution >= 4 is 21.8 Å². The van der Waals surface area contributed by atoms with Crippen molar-refractivity contribution in [3.05, 3.63) is 42.0 Å². The van der Waals surface area contributed by atoms with Crippen LogP contribution >= 0.6 is 0 Å². The van der Waals surface area contributed by atoms with E-state index in [0.717, 1.165) is 22.2 Å². The quantitative estimate of drug-likeness (QED) is 0.652. The van der Waals surface area contributed by atoms with Gasteiger partial charge in [-0.1, -0.05) is 18.2 Å². The summed E-state index contributed by atoms with van der Waals surface area (Å²) in [5, 5.41) is 2.26. The Morgan fingerprint density at radius 2 is 1.53 bits per heavy atom. The Kier molecular flexibility index (Phi) is 2.75. The van der Waals surface area contributed by atoms with Gasteiger partial charge in [0.25, 0.3) is 0 Å². The highest BCUT2D eigenvalue weighted by atomic mass is 16.5. The molecule has 3 aromatic rings. The van der Waals surface area contributed by atoms with Crippen LogP contribution < -0.4 is 9.47 Å². The van der Waals surface area contributed by atoms with Crippen LogP contribution in [0.2, 0.25) is 0 Å². The molecule has 96 valence electrons. The summed E-state index contributed by atoms with van der Waals surface area (Å²) in [7, 11) is 3.28. The number of methoxy groups -OCH3 is 2. The molecule has 0 aliphatic rings. The number of ether oxygens (including phenoxy) is 2. The van der Waals surface area contributed by atoms with Gasteiger partial charge in [0.2, 0.25) is 0 Å². The number of aryl methyl sites for hydroxylation is 1. The van der Waals surface area contributed by atoms with E-state index in [1.165, 1.54) is 10.9 Å². The van der Waals surface area contributed by atoms with Crippen LogP contribution in [0.5, 0.6) is 11.5 Å². The Balaban J connectivity index is 2.44. The van der Waals surface area contributed by atoms with Gasteiger partial charge in [0.1, 0.15) is 0 Å². The fourth-order valence-corrected chi connectivity index (χ4v) is 2.42. The zero-order chi connectivity index (χ0) is 13.4. The van der Waals surface area contributed by atoms with E-state index < -0.39 is 0 Å². The summed E-state index contributed by atoms with van der Waals surface area (Å²) >= 11 is 0. The monoisotopic (exact) mass is 253 g/mol. The molecule has 0 spiro atoms. The van der Waals surface area contributed by atoms with Crippen LogP contribution in [0.25, 0.3) is 21.8 Å². The molecule has 3 nitrogen and oxygen atoms in total. The minimum Gasteiger partial charge on any atom is -0.493 e. The average molecular weight is 253 g/mol. The van der Waals surface area contributed by atoms with Gasteiger partial charge in [-0.25, -0.2) is 4.98 Å². The van der Waals surface area contributed by atoms with Crippen LogP contribution in [0.1, 0.15) is 5.56 Å². The second-order valence-corrected chi connectivity index (χ2v) is 4.48. The standard InChI is InChI=1S/C16H15NO2/c1-10-11-6-4-5-7-13(11)17-14-9-16(19-3)15(18-2)8-12(10)14/h4-9H,1-3H3. The Labute approximate surface area is 111 Å². The lowest BCUT2D eigenvalue weighted by atomic mass is 10.0. The number of pyridine rings is 1. The number of rotatable bonds is 2. The maximum atomic E-state index is 5.36. The normalized spacial score (nSPS) is 10.9. The molecule has 0 bridgehead atoms. The van der Waals surface area contributed by atoms with E-state index in [2.05, 4.69) is 18.0 Å². The number of benzene rings is 2. The van der Waals surface area contributed by atoms with Crippen molar-refractivity contribution in [3.8, 4) is 11.5 Å². The fraction of sp³-hybridized carbons (Fsp3) is 0.188. The SMILES string of the molecule is COc1cc2nc3ccccc3c(C)c2cc1OC. The lowest BCUT2D eigenvalue weighted by Gasteiger charge is -2.11. The fourth-order valence-electron chi connectivity index (χ4n) is 2.42. The molecule has 0 unspecified atom stereocenters. The van der Waals surface area contributed by atoms with Gasteiger partial charge in [0.05, 0.1) is 25.3 Å². The van der Waals surface area contributed by atoms with Crippen LogP contribution in [-0.4, -0.2) is 19.2 Å². The highest BCUT2D eigenvalue weighted by molar-refractivity contribution is 5.98. The molecule has 0 radical (unpaired) electrons. The van der Waals surface area contributed by atoms with Gasteiger partial charge in [-0.3, -0.25) is 0 Å². The Morgan fingerprint density at radius 3 is 2.26 bits per heavy atom. The van der Waals surface area contributed by atoms with Crippen molar-refractivity contribution in [1.29, 1.82) is 0 Å². The highest BCUT2D eigenvalue weighted by Gasteiger charge is 2.10. The van der Waals surface area contributed by atoms with Gasteiger partial charge in [0, 0.05) is 16.8 Å². The molecule has 0 fully saturated rings. The molecule has 0 N–H and O–H groups in total. The molecule has 3 heteroatoms. The molecule has 0 saturated heterocycles. The van der Waals surface area contributed by atoms with E-state index in [9.17, 15) is 0 Å². The summed E-state index contributed by atoms with van der Waals surface area (Å²) < 4.78 is 10.7. The molecular weight excluding hydrogens is 238 g/mol. The molecule has 19 heavy (non-hydrogen) atoms. The van der Waals surface area contributed by atoms with Crippen molar-refractivity contribution in [2.24, 2.45) is 0 Å². The van der Waals surface area contributed by atoms with Gasteiger partial charge in [0.15, 0.2) is 11.5 Å². The first-order valence-corrected chi connectivity index (χ1v) is 6.15. The molecule has 0 aliphatic heterocycles. The Morgan fingerprint density at radius 1 is 0.842 bits per heavy atom. The Hall–Kier alpha value is -2.29. The molecule has 1 aromatic heterocycles. The maximum absolute atomic E-state index is 5.36. The third-order valence-electron chi connectivity index (χ3n) is 3.45. The minimum atomic E-state index is 0.706. The largest absolute Gasteiger partial charge is 0.493 e. The van der Waals surface area contributed by atoms with Crippen LogP contribution in [0.15, 0.2) is 36.4 Å². The maximum Gasteiger partial charge on any atom is 0.162 e. The zero-order valence-electron chi connectivity index (χ0n) is 11.2. The molecule has 0 saturated carbocycles. The molecule has 0 amide bonds. The lowest BCUT2D eigenvalue weighted by molar-refractivity contribution is 0.356. The number of hydrogen-bond donors (Lipinski definition) is 0. The van der Waals surface area contributed by atoms with E-state index in [-0.39, 0.29) is 0 Å². The van der Waals surface area contributed by atoms with Crippen molar-refractivity contribution in [2.75, 3.05) is 14.2 Å². The van der Waals surface area contributed by atoms with Gasteiger partial charge >= 0.3 is 0 Å². The van der Waals surface area contributed by atoms with Crippen LogP contribution in [0.4, 0.5) is 0 Å². The lowest BCUT2D eigenvalue weighted by Crippen LogP contribution is -1.93. The van der Waals surface area contributed by atoms with E-state index in [1.807, 2.05) is 30.3 Å². The second-order valence-electron chi connectivity index (χ2n) is 4.48. The summed E-state index contributed by atoms with van der Waals surface area (Å²) in [6.07, 6.45) is 0. The van der Waals surface area contributed by atoms with Crippen molar-refractivity contribution in [1.82, 2.24) is 4.98 Å². The molecular formula is C16H15NO2. The van der Waals surface area contributed by atoms with Gasteiger partial charge in [-0.05, 0) is 24.6 Å². The summed E-state index contributed by atoms with van der Waals surface area (Å²) in [5.41, 5.74) is 3.13. The molecule has 0 atom stereocenters. The van der Waals surface area contributed by atoms with E-state index in [0.29, 0.717) is 5.75 Å². The number of aromatic nitrogens is 1. The predicted molar refractivity (Wildman–Crippen MR) is 77.1 cm³/mol. The van der Waals surface area contributed by atoms with Crippen molar-refractivity contribution in [3.63, 3.8) is 0 Å². The minimum absolute atomic E-state index is 0.706. The third kappa shape index (κ3) is 1.78. The van der Waals surface area contributed by atoms with E-state index in [4.69, 9.17) is 9.47 Å². The predicted octanol–water partition coefficient (Wildman–Crippen LogP) is 3.71. The van der Waals surface area contributed by atoms with Gasteiger partial charge in [-0.2, -0.15) is 0 Å².